The fourth-order valence-electron chi connectivity index (χ4n) is 4.06. The van der Waals surface area contributed by atoms with Gasteiger partial charge in [0.15, 0.2) is 0 Å². The number of methoxy groups -OCH3 is 2. The quantitative estimate of drug-likeness (QED) is 0.348. The Kier molecular flexibility index (Phi) is 8.09. The standard InChI is InChI=1S/C26H32N4O5S/c1-17-8-10-23(18(2)12-17)30-19(3)13-21(20(30)4)15-27-28-26(31)16-29(36(7,32)33)24-14-22(34-5)9-11-25(24)35-6/h8-15H,16H2,1-7H3,(H,28,31)/b27-15-. The lowest BCUT2D eigenvalue weighted by molar-refractivity contribution is -0.119. The predicted molar refractivity (Wildman–Crippen MR) is 142 cm³/mol. The summed E-state index contributed by atoms with van der Waals surface area (Å²) >= 11 is 0. The number of aromatic nitrogens is 1. The summed E-state index contributed by atoms with van der Waals surface area (Å²) in [7, 11) is -0.924. The molecule has 36 heavy (non-hydrogen) atoms. The van der Waals surface area contributed by atoms with E-state index in [1.165, 1.54) is 25.8 Å². The van der Waals surface area contributed by atoms with E-state index >= 15 is 0 Å². The van der Waals surface area contributed by atoms with Gasteiger partial charge >= 0.3 is 0 Å². The summed E-state index contributed by atoms with van der Waals surface area (Å²) in [5, 5.41) is 4.08. The summed E-state index contributed by atoms with van der Waals surface area (Å²) in [5.74, 6) is 0.109. The van der Waals surface area contributed by atoms with Crippen molar-refractivity contribution in [3.63, 3.8) is 0 Å². The summed E-state index contributed by atoms with van der Waals surface area (Å²) in [6.45, 7) is 7.63. The van der Waals surface area contributed by atoms with Gasteiger partial charge in [-0.3, -0.25) is 9.10 Å². The van der Waals surface area contributed by atoms with E-state index < -0.39 is 22.5 Å². The number of benzene rings is 2. The van der Waals surface area contributed by atoms with Crippen LogP contribution in [-0.4, -0.2) is 52.1 Å². The van der Waals surface area contributed by atoms with E-state index in [0.717, 1.165) is 38.8 Å². The van der Waals surface area contributed by atoms with Gasteiger partial charge in [0.25, 0.3) is 5.91 Å². The van der Waals surface area contributed by atoms with Crippen molar-refractivity contribution in [3.8, 4) is 17.2 Å². The number of ether oxygens (including phenoxy) is 2. The third kappa shape index (κ3) is 5.88. The van der Waals surface area contributed by atoms with Crippen LogP contribution in [0.2, 0.25) is 0 Å². The van der Waals surface area contributed by atoms with Crippen LogP contribution in [0.4, 0.5) is 5.69 Å². The highest BCUT2D eigenvalue weighted by Crippen LogP contribution is 2.33. The van der Waals surface area contributed by atoms with Gasteiger partial charge in [0.05, 0.1) is 32.4 Å². The first-order valence-electron chi connectivity index (χ1n) is 11.2. The zero-order valence-corrected chi connectivity index (χ0v) is 22.4. The second kappa shape index (κ2) is 10.9. The lowest BCUT2D eigenvalue weighted by Gasteiger charge is -2.23. The summed E-state index contributed by atoms with van der Waals surface area (Å²) in [6.07, 6.45) is 2.57. The van der Waals surface area contributed by atoms with Crippen molar-refractivity contribution in [2.75, 3.05) is 31.3 Å². The minimum Gasteiger partial charge on any atom is -0.497 e. The number of amides is 1. The van der Waals surface area contributed by atoms with Crippen LogP contribution >= 0.6 is 0 Å². The molecule has 0 unspecified atom stereocenters. The molecule has 0 fully saturated rings. The molecule has 0 aliphatic heterocycles. The molecule has 1 amide bonds. The summed E-state index contributed by atoms with van der Waals surface area (Å²) in [4.78, 5) is 12.7. The molecule has 10 heteroatoms. The maximum absolute atomic E-state index is 12.7. The molecular weight excluding hydrogens is 480 g/mol. The number of sulfonamides is 1. The lowest BCUT2D eigenvalue weighted by atomic mass is 10.1. The molecule has 3 aromatic rings. The molecule has 0 radical (unpaired) electrons. The Morgan fingerprint density at radius 1 is 1.06 bits per heavy atom. The number of carbonyl (C=O) groups is 1. The molecule has 0 aliphatic rings. The minimum absolute atomic E-state index is 0.190. The van der Waals surface area contributed by atoms with E-state index in [2.05, 4.69) is 47.1 Å². The molecule has 1 aromatic heterocycles. The molecule has 0 spiro atoms. The third-order valence-corrected chi connectivity index (χ3v) is 6.93. The minimum atomic E-state index is -3.81. The van der Waals surface area contributed by atoms with Gasteiger partial charge in [0.1, 0.15) is 18.0 Å². The maximum atomic E-state index is 12.7. The van der Waals surface area contributed by atoms with E-state index in [4.69, 9.17) is 9.47 Å². The lowest BCUT2D eigenvalue weighted by Crippen LogP contribution is -2.39. The van der Waals surface area contributed by atoms with Gasteiger partial charge in [-0.15, -0.1) is 0 Å². The fourth-order valence-corrected chi connectivity index (χ4v) is 4.91. The topological polar surface area (TPSA) is 102 Å². The van der Waals surface area contributed by atoms with Crippen LogP contribution in [0, 0.1) is 27.7 Å². The number of hydrazone groups is 1. The van der Waals surface area contributed by atoms with Gasteiger partial charge in [0, 0.05) is 28.7 Å². The molecule has 192 valence electrons. The highest BCUT2D eigenvalue weighted by atomic mass is 32.2. The molecule has 0 atom stereocenters. The molecule has 0 saturated heterocycles. The number of anilines is 1. The molecule has 0 aliphatic carbocycles. The Bertz CT molecular complexity index is 1410. The second-order valence-corrected chi connectivity index (χ2v) is 10.5. The van der Waals surface area contributed by atoms with E-state index in [1.54, 1.807) is 18.3 Å². The van der Waals surface area contributed by atoms with Gasteiger partial charge in [0.2, 0.25) is 10.0 Å². The van der Waals surface area contributed by atoms with Crippen LogP contribution < -0.4 is 19.2 Å². The zero-order valence-electron chi connectivity index (χ0n) is 21.6. The first-order chi connectivity index (χ1) is 17.0. The van der Waals surface area contributed by atoms with Gasteiger partial charge in [-0.25, -0.2) is 13.8 Å². The Morgan fingerprint density at radius 3 is 2.39 bits per heavy atom. The number of aryl methyl sites for hydroxylation is 3. The fraction of sp³-hybridized carbons (Fsp3) is 0.308. The number of nitrogens with one attached hydrogen (secondary N) is 1. The highest BCUT2D eigenvalue weighted by molar-refractivity contribution is 7.92. The van der Waals surface area contributed by atoms with Gasteiger partial charge in [-0.1, -0.05) is 17.7 Å². The maximum Gasteiger partial charge on any atom is 0.260 e. The van der Waals surface area contributed by atoms with Crippen LogP contribution in [0.15, 0.2) is 47.6 Å². The average Bonchev–Trinajstić information content (AvgIpc) is 3.09. The summed E-state index contributed by atoms with van der Waals surface area (Å²) < 4.78 is 38.6. The third-order valence-electron chi connectivity index (χ3n) is 5.80. The van der Waals surface area contributed by atoms with E-state index in [1.807, 2.05) is 19.9 Å². The molecule has 3 rings (SSSR count). The van der Waals surface area contributed by atoms with Gasteiger partial charge in [-0.05, 0) is 57.5 Å². The van der Waals surface area contributed by atoms with Gasteiger partial charge in [-0.2, -0.15) is 5.10 Å². The Morgan fingerprint density at radius 2 is 1.78 bits per heavy atom. The molecule has 0 bridgehead atoms. The summed E-state index contributed by atoms with van der Waals surface area (Å²) in [6, 6.07) is 13.0. The summed E-state index contributed by atoms with van der Waals surface area (Å²) in [5.41, 5.74) is 8.88. The Balaban J connectivity index is 1.81. The molecule has 0 saturated carbocycles. The molecule has 1 heterocycles. The monoisotopic (exact) mass is 512 g/mol. The van der Waals surface area contributed by atoms with Crippen molar-refractivity contribution in [1.82, 2.24) is 9.99 Å². The number of carbonyl (C=O) groups excluding carboxylic acids is 1. The SMILES string of the molecule is COc1ccc(OC)c(N(CC(=O)N/N=C\c2cc(C)n(-c3ccc(C)cc3C)c2C)S(C)(=O)=O)c1. The number of nitrogens with zero attached hydrogens (tertiary/aromatic N) is 3. The second-order valence-electron chi connectivity index (χ2n) is 8.55. The van der Waals surface area contributed by atoms with Crippen molar-refractivity contribution < 1.29 is 22.7 Å². The first kappa shape index (κ1) is 26.8. The molecule has 1 N–H and O–H groups in total. The van der Waals surface area contributed by atoms with E-state index in [-0.39, 0.29) is 11.4 Å². The smallest absolute Gasteiger partial charge is 0.260 e. The molecular formula is C26H32N4O5S. The van der Waals surface area contributed by atoms with Crippen molar-refractivity contribution in [3.05, 3.63) is 70.5 Å². The average molecular weight is 513 g/mol. The van der Waals surface area contributed by atoms with E-state index in [0.29, 0.717) is 5.75 Å². The van der Waals surface area contributed by atoms with Crippen molar-refractivity contribution in [2.24, 2.45) is 5.10 Å². The Labute approximate surface area is 212 Å². The number of hydrogen-bond acceptors (Lipinski definition) is 6. The van der Waals surface area contributed by atoms with Crippen LogP contribution in [0.1, 0.15) is 28.1 Å². The van der Waals surface area contributed by atoms with Gasteiger partial charge < -0.3 is 14.0 Å². The van der Waals surface area contributed by atoms with E-state index in [9.17, 15) is 13.2 Å². The largest absolute Gasteiger partial charge is 0.497 e. The van der Waals surface area contributed by atoms with Crippen molar-refractivity contribution in [2.45, 2.75) is 27.7 Å². The van der Waals surface area contributed by atoms with Crippen LogP contribution in [-0.2, 0) is 14.8 Å². The van der Waals surface area contributed by atoms with Crippen molar-refractivity contribution in [1.29, 1.82) is 0 Å². The van der Waals surface area contributed by atoms with Crippen LogP contribution in [0.25, 0.3) is 5.69 Å². The van der Waals surface area contributed by atoms with Crippen molar-refractivity contribution >= 4 is 27.8 Å². The normalized spacial score (nSPS) is 11.5. The number of rotatable bonds is 9. The Hall–Kier alpha value is -3.79. The molecule has 2 aromatic carbocycles. The predicted octanol–water partition coefficient (Wildman–Crippen LogP) is 3.64. The van der Waals surface area contributed by atoms with Crippen LogP contribution in [0.5, 0.6) is 11.5 Å². The molecule has 9 nitrogen and oxygen atoms in total. The highest BCUT2D eigenvalue weighted by Gasteiger charge is 2.24. The first-order valence-corrected chi connectivity index (χ1v) is 13.1. The number of hydrogen-bond donors (Lipinski definition) is 1. The van der Waals surface area contributed by atoms with Crippen LogP contribution in [0.3, 0.4) is 0 Å². The zero-order chi connectivity index (χ0) is 26.6.